The van der Waals surface area contributed by atoms with Gasteiger partial charge in [0.1, 0.15) is 11.9 Å². The van der Waals surface area contributed by atoms with Gasteiger partial charge < -0.3 is 16.0 Å². The zero-order valence-electron chi connectivity index (χ0n) is 17.7. The zero-order valence-corrected chi connectivity index (χ0v) is 17.7. The molecule has 2 fully saturated rings. The Balaban J connectivity index is 1.46. The fourth-order valence-electron chi connectivity index (χ4n) is 5.24. The minimum Gasteiger partial charge on any atom is -0.373 e. The Morgan fingerprint density at radius 3 is 2.93 bits per heavy atom. The van der Waals surface area contributed by atoms with Crippen LogP contribution in [0, 0.1) is 24.6 Å². The van der Waals surface area contributed by atoms with E-state index in [-0.39, 0.29) is 23.8 Å². The number of aryl methyl sites for hydroxylation is 1. The lowest BCUT2D eigenvalue weighted by molar-refractivity contribution is -0.122. The molecule has 1 aromatic carbocycles. The van der Waals surface area contributed by atoms with Crippen molar-refractivity contribution in [2.45, 2.75) is 57.7 Å². The first-order valence-electron chi connectivity index (χ1n) is 10.9. The van der Waals surface area contributed by atoms with Crippen LogP contribution in [-0.2, 0) is 11.2 Å². The minimum absolute atomic E-state index is 0.0242. The van der Waals surface area contributed by atoms with E-state index in [2.05, 4.69) is 40.4 Å². The smallest absolute Gasteiger partial charge is 0.243 e. The van der Waals surface area contributed by atoms with Crippen LogP contribution >= 0.6 is 0 Å². The molecule has 1 amide bonds. The van der Waals surface area contributed by atoms with E-state index >= 15 is 0 Å². The van der Waals surface area contributed by atoms with Crippen molar-refractivity contribution in [1.29, 1.82) is 0 Å². The van der Waals surface area contributed by atoms with Crippen molar-refractivity contribution in [2.75, 3.05) is 32.0 Å². The van der Waals surface area contributed by atoms with Gasteiger partial charge in [-0.15, -0.1) is 0 Å². The zero-order chi connectivity index (χ0) is 20.5. The van der Waals surface area contributed by atoms with Crippen LogP contribution in [0.15, 0.2) is 12.1 Å². The number of amides is 1. The Morgan fingerprint density at radius 2 is 2.24 bits per heavy atom. The molecular formula is C22H34FN5O. The first-order chi connectivity index (χ1) is 13.9. The number of fused-ring (bicyclic) bond motifs is 1. The van der Waals surface area contributed by atoms with Crippen molar-refractivity contribution in [3.05, 3.63) is 29.1 Å². The highest BCUT2D eigenvalue weighted by atomic mass is 19.1. The van der Waals surface area contributed by atoms with E-state index in [0.717, 1.165) is 37.3 Å². The second kappa shape index (κ2) is 8.58. The first-order valence-corrected chi connectivity index (χ1v) is 10.9. The molecule has 0 aromatic heterocycles. The fourth-order valence-corrected chi connectivity index (χ4v) is 5.24. The maximum atomic E-state index is 14.2. The topological polar surface area (TPSA) is 68.4 Å². The van der Waals surface area contributed by atoms with Gasteiger partial charge in [0.25, 0.3) is 0 Å². The highest BCUT2D eigenvalue weighted by Crippen LogP contribution is 2.32. The lowest BCUT2D eigenvalue weighted by Gasteiger charge is -2.38. The van der Waals surface area contributed by atoms with Gasteiger partial charge in [0.05, 0.1) is 0 Å². The van der Waals surface area contributed by atoms with Gasteiger partial charge in [-0.2, -0.15) is 0 Å². The van der Waals surface area contributed by atoms with Crippen LogP contribution in [0.5, 0.6) is 0 Å². The Bertz CT molecular complexity index is 726. The Hall–Kier alpha value is -1.70. The average molecular weight is 404 g/mol. The van der Waals surface area contributed by atoms with Crippen LogP contribution in [-0.4, -0.2) is 55.7 Å². The number of nitrogens with one attached hydrogen (secondary N) is 4. The second-order valence-electron chi connectivity index (χ2n) is 9.18. The summed E-state index contributed by atoms with van der Waals surface area (Å²) in [5.74, 6) is 0.778. The molecule has 0 radical (unpaired) electrons. The van der Waals surface area contributed by atoms with E-state index in [0.29, 0.717) is 23.8 Å². The van der Waals surface area contributed by atoms with Crippen molar-refractivity contribution in [2.24, 2.45) is 11.8 Å². The number of carbonyl (C=O) groups excluding carboxylic acids is 1. The van der Waals surface area contributed by atoms with Crippen LogP contribution in [0.1, 0.15) is 37.3 Å². The molecule has 5 unspecified atom stereocenters. The van der Waals surface area contributed by atoms with Crippen molar-refractivity contribution in [3.8, 4) is 0 Å². The molecule has 3 aliphatic rings. The summed E-state index contributed by atoms with van der Waals surface area (Å²) in [6.45, 7) is 7.16. The predicted molar refractivity (Wildman–Crippen MR) is 113 cm³/mol. The molecule has 2 saturated heterocycles. The van der Waals surface area contributed by atoms with E-state index in [9.17, 15) is 9.18 Å². The van der Waals surface area contributed by atoms with E-state index in [4.69, 9.17) is 0 Å². The van der Waals surface area contributed by atoms with Crippen LogP contribution < -0.4 is 21.4 Å². The fraction of sp³-hybridized carbons (Fsp3) is 0.682. The molecule has 0 aliphatic carbocycles. The van der Waals surface area contributed by atoms with E-state index < -0.39 is 6.04 Å². The molecule has 4 rings (SSSR count). The summed E-state index contributed by atoms with van der Waals surface area (Å²) in [5.41, 5.74) is 5.77. The monoisotopic (exact) mass is 403 g/mol. The standard InChI is InChI=1S/C22H34FN5O/c1-13-5-4-8-24-21(13)18(9-15-11-25-28(3)12-15)27-22(29)19-10-16-17(23)7-6-14(2)20(16)26-19/h6-7,13,15,18-19,21,24-26H,4-5,8-12H2,1-3H3,(H,27,29). The molecule has 160 valence electrons. The Morgan fingerprint density at radius 1 is 1.41 bits per heavy atom. The normalized spacial score (nSPS) is 30.6. The lowest BCUT2D eigenvalue weighted by Crippen LogP contribution is -2.57. The molecule has 3 aliphatic heterocycles. The summed E-state index contributed by atoms with van der Waals surface area (Å²) in [6.07, 6.45) is 3.72. The molecule has 3 heterocycles. The third-order valence-electron chi connectivity index (χ3n) is 6.87. The molecule has 0 saturated carbocycles. The highest BCUT2D eigenvalue weighted by Gasteiger charge is 2.36. The van der Waals surface area contributed by atoms with Gasteiger partial charge in [0, 0.05) is 49.9 Å². The first kappa shape index (κ1) is 20.6. The Kier molecular flexibility index (Phi) is 6.08. The summed E-state index contributed by atoms with van der Waals surface area (Å²) in [6, 6.07) is 3.21. The maximum absolute atomic E-state index is 14.2. The summed E-state index contributed by atoms with van der Waals surface area (Å²) < 4.78 is 14.2. The molecule has 5 atom stereocenters. The molecule has 29 heavy (non-hydrogen) atoms. The lowest BCUT2D eigenvalue weighted by atomic mass is 9.83. The van der Waals surface area contributed by atoms with Crippen molar-refractivity contribution in [1.82, 2.24) is 21.1 Å². The van der Waals surface area contributed by atoms with E-state index in [1.807, 2.05) is 6.92 Å². The molecular weight excluding hydrogens is 369 g/mol. The third-order valence-corrected chi connectivity index (χ3v) is 6.87. The summed E-state index contributed by atoms with van der Waals surface area (Å²) in [7, 11) is 2.06. The average Bonchev–Trinajstić information content (AvgIpc) is 3.32. The van der Waals surface area contributed by atoms with Crippen molar-refractivity contribution >= 4 is 11.6 Å². The number of hydrogen-bond acceptors (Lipinski definition) is 5. The van der Waals surface area contributed by atoms with Gasteiger partial charge in [-0.3, -0.25) is 10.2 Å². The summed E-state index contributed by atoms with van der Waals surface area (Å²) in [5, 5.41) is 12.4. The number of rotatable bonds is 5. The molecule has 4 N–H and O–H groups in total. The molecule has 0 bridgehead atoms. The number of hydrazine groups is 1. The van der Waals surface area contributed by atoms with Gasteiger partial charge >= 0.3 is 0 Å². The van der Waals surface area contributed by atoms with Gasteiger partial charge in [0.15, 0.2) is 0 Å². The van der Waals surface area contributed by atoms with Crippen LogP contribution in [0.2, 0.25) is 0 Å². The van der Waals surface area contributed by atoms with Gasteiger partial charge in [-0.25, -0.2) is 9.40 Å². The number of halogens is 1. The number of carbonyl (C=O) groups is 1. The number of piperidine rings is 1. The largest absolute Gasteiger partial charge is 0.373 e. The molecule has 1 aromatic rings. The van der Waals surface area contributed by atoms with Gasteiger partial charge in [-0.05, 0) is 56.2 Å². The minimum atomic E-state index is -0.411. The number of nitrogens with zero attached hydrogens (tertiary/aromatic N) is 1. The summed E-state index contributed by atoms with van der Waals surface area (Å²) >= 11 is 0. The summed E-state index contributed by atoms with van der Waals surface area (Å²) in [4.78, 5) is 13.2. The molecule has 0 spiro atoms. The van der Waals surface area contributed by atoms with Gasteiger partial charge in [0.2, 0.25) is 5.91 Å². The highest BCUT2D eigenvalue weighted by molar-refractivity contribution is 5.88. The van der Waals surface area contributed by atoms with Crippen molar-refractivity contribution < 1.29 is 9.18 Å². The van der Waals surface area contributed by atoms with Crippen LogP contribution in [0.25, 0.3) is 0 Å². The Labute approximate surface area is 173 Å². The van der Waals surface area contributed by atoms with Crippen molar-refractivity contribution in [3.63, 3.8) is 0 Å². The van der Waals surface area contributed by atoms with Crippen LogP contribution in [0.4, 0.5) is 10.1 Å². The predicted octanol–water partition coefficient (Wildman–Crippen LogP) is 1.80. The van der Waals surface area contributed by atoms with Gasteiger partial charge in [-0.1, -0.05) is 13.0 Å². The van der Waals surface area contributed by atoms with E-state index in [1.54, 1.807) is 6.07 Å². The van der Waals surface area contributed by atoms with Crippen LogP contribution in [0.3, 0.4) is 0 Å². The molecule has 6 nitrogen and oxygen atoms in total. The quantitative estimate of drug-likeness (QED) is 0.604. The number of hydrogen-bond donors (Lipinski definition) is 4. The number of benzene rings is 1. The molecule has 7 heteroatoms. The third kappa shape index (κ3) is 4.42. The van der Waals surface area contributed by atoms with E-state index in [1.165, 1.54) is 18.9 Å². The maximum Gasteiger partial charge on any atom is 0.243 e. The number of anilines is 1. The SMILES string of the molecule is Cc1ccc(F)c2c1NC(C(=O)NC(CC1CNN(C)C1)C1NCCCC1C)C2. The second-order valence-corrected chi connectivity index (χ2v) is 9.18.